The van der Waals surface area contributed by atoms with Crippen LogP contribution >= 0.6 is 0 Å². The molecule has 4 rings (SSSR count). The van der Waals surface area contributed by atoms with Crippen LogP contribution in [0, 0.1) is 23.2 Å². The highest BCUT2D eigenvalue weighted by atomic mass is 16.2. The van der Waals surface area contributed by atoms with E-state index in [-0.39, 0.29) is 6.03 Å². The molecule has 1 aromatic heterocycles. The Hall–Kier alpha value is -2.81. The summed E-state index contributed by atoms with van der Waals surface area (Å²) in [6.45, 7) is 0. The number of benzene rings is 1. The molecular weight excluding hydrogens is 290 g/mol. The van der Waals surface area contributed by atoms with Crippen molar-refractivity contribution in [2.75, 3.05) is 5.32 Å². The van der Waals surface area contributed by atoms with E-state index in [1.54, 1.807) is 10.9 Å². The maximum atomic E-state index is 12.0. The molecule has 6 heteroatoms. The third-order valence-electron chi connectivity index (χ3n) is 4.81. The largest absolute Gasteiger partial charge is 0.335 e. The molecule has 1 aromatic carbocycles. The van der Waals surface area contributed by atoms with Crippen molar-refractivity contribution in [1.29, 1.82) is 5.26 Å². The Labute approximate surface area is 134 Å². The molecule has 2 aliphatic rings. The lowest BCUT2D eigenvalue weighted by Gasteiger charge is -2.09. The molecule has 2 N–H and O–H groups in total. The van der Waals surface area contributed by atoms with Crippen molar-refractivity contribution in [3.63, 3.8) is 0 Å². The number of amides is 2. The first-order chi connectivity index (χ1) is 11.2. The summed E-state index contributed by atoms with van der Waals surface area (Å²) in [4.78, 5) is 12.0. The molecule has 6 nitrogen and oxygen atoms in total. The average molecular weight is 307 g/mol. The third kappa shape index (κ3) is 2.66. The van der Waals surface area contributed by atoms with E-state index in [2.05, 4.69) is 15.7 Å². The van der Waals surface area contributed by atoms with E-state index >= 15 is 0 Å². The Morgan fingerprint density at radius 1 is 1.26 bits per heavy atom. The standard InChI is InChI=1S/C17H17N5O/c18-8-11-9-19-22(10-11)13-6-4-12(5-7-13)20-17(23)21-16-14-2-1-3-15(14)16/h4-7,9-10,14-16H,1-3H2,(H2,20,21,23)/t14-,15+,16?. The van der Waals surface area contributed by atoms with Gasteiger partial charge in [-0.05, 0) is 48.9 Å². The first-order valence-corrected chi connectivity index (χ1v) is 7.87. The molecule has 1 unspecified atom stereocenters. The summed E-state index contributed by atoms with van der Waals surface area (Å²) < 4.78 is 1.63. The van der Waals surface area contributed by atoms with Gasteiger partial charge in [0.05, 0.1) is 17.4 Å². The van der Waals surface area contributed by atoms with Crippen LogP contribution in [0.3, 0.4) is 0 Å². The number of nitrogens with zero attached hydrogens (tertiary/aromatic N) is 3. The molecule has 0 radical (unpaired) electrons. The first-order valence-electron chi connectivity index (χ1n) is 7.87. The fraction of sp³-hybridized carbons (Fsp3) is 0.353. The van der Waals surface area contributed by atoms with Crippen LogP contribution in [0.1, 0.15) is 24.8 Å². The van der Waals surface area contributed by atoms with Gasteiger partial charge >= 0.3 is 6.03 Å². The number of carbonyl (C=O) groups excluding carboxylic acids is 1. The lowest BCUT2D eigenvalue weighted by molar-refractivity contribution is 0.250. The van der Waals surface area contributed by atoms with Crippen molar-refractivity contribution in [3.8, 4) is 11.8 Å². The van der Waals surface area contributed by atoms with Gasteiger partial charge in [0.15, 0.2) is 0 Å². The Kier molecular flexibility index (Phi) is 3.27. The first kappa shape index (κ1) is 13.8. The Bertz CT molecular complexity index is 763. The number of aromatic nitrogens is 2. The topological polar surface area (TPSA) is 82.7 Å². The number of hydrogen-bond donors (Lipinski definition) is 2. The van der Waals surface area contributed by atoms with Gasteiger partial charge in [-0.1, -0.05) is 6.42 Å². The molecule has 0 saturated heterocycles. The van der Waals surface area contributed by atoms with Crippen LogP contribution in [0.25, 0.3) is 5.69 Å². The Balaban J connectivity index is 1.36. The van der Waals surface area contributed by atoms with Crippen LogP contribution in [0.4, 0.5) is 10.5 Å². The minimum absolute atomic E-state index is 0.136. The van der Waals surface area contributed by atoms with Gasteiger partial charge in [-0.15, -0.1) is 0 Å². The van der Waals surface area contributed by atoms with Crippen molar-refractivity contribution in [1.82, 2.24) is 15.1 Å². The number of carbonyl (C=O) groups is 1. The molecule has 2 fully saturated rings. The summed E-state index contributed by atoms with van der Waals surface area (Å²) in [5.74, 6) is 1.41. The van der Waals surface area contributed by atoms with Gasteiger partial charge in [-0.2, -0.15) is 10.4 Å². The van der Waals surface area contributed by atoms with E-state index in [0.717, 1.165) is 11.4 Å². The summed E-state index contributed by atoms with van der Waals surface area (Å²) in [5, 5.41) is 18.9. The monoisotopic (exact) mass is 307 g/mol. The number of anilines is 1. The third-order valence-corrected chi connectivity index (χ3v) is 4.81. The van der Waals surface area contributed by atoms with Crippen molar-refractivity contribution < 1.29 is 4.79 Å². The molecule has 3 atom stereocenters. The average Bonchev–Trinajstić information content (AvgIpc) is 3.00. The number of rotatable bonds is 3. The maximum absolute atomic E-state index is 12.0. The predicted molar refractivity (Wildman–Crippen MR) is 85.1 cm³/mol. The van der Waals surface area contributed by atoms with Crippen molar-refractivity contribution in [3.05, 3.63) is 42.2 Å². The predicted octanol–water partition coefficient (Wildman–Crippen LogP) is 2.66. The fourth-order valence-electron chi connectivity index (χ4n) is 3.57. The summed E-state index contributed by atoms with van der Waals surface area (Å²) in [7, 11) is 0. The lowest BCUT2D eigenvalue weighted by Crippen LogP contribution is -2.32. The molecule has 2 aromatic rings. The molecule has 0 aliphatic heterocycles. The molecule has 2 amide bonds. The second-order valence-electron chi connectivity index (χ2n) is 6.22. The lowest BCUT2D eigenvalue weighted by atomic mass is 10.2. The number of fused-ring (bicyclic) bond motifs is 1. The quantitative estimate of drug-likeness (QED) is 0.914. The normalized spacial score (nSPS) is 24.6. The molecule has 116 valence electrons. The highest BCUT2D eigenvalue weighted by Gasteiger charge is 2.53. The van der Waals surface area contributed by atoms with Crippen LogP contribution in [0.5, 0.6) is 0 Å². The van der Waals surface area contributed by atoms with Gasteiger partial charge in [0, 0.05) is 17.9 Å². The van der Waals surface area contributed by atoms with E-state index in [1.165, 1.54) is 25.5 Å². The van der Waals surface area contributed by atoms with E-state index in [4.69, 9.17) is 5.26 Å². The fourth-order valence-corrected chi connectivity index (χ4v) is 3.57. The van der Waals surface area contributed by atoms with Crippen LogP contribution < -0.4 is 10.6 Å². The number of urea groups is 1. The van der Waals surface area contributed by atoms with Gasteiger partial charge in [0.25, 0.3) is 0 Å². The van der Waals surface area contributed by atoms with Gasteiger partial charge in [-0.3, -0.25) is 0 Å². The van der Waals surface area contributed by atoms with Crippen LogP contribution in [0.2, 0.25) is 0 Å². The summed E-state index contributed by atoms with van der Waals surface area (Å²) >= 11 is 0. The minimum Gasteiger partial charge on any atom is -0.335 e. The molecule has 1 heterocycles. The molecule has 23 heavy (non-hydrogen) atoms. The van der Waals surface area contributed by atoms with E-state index in [9.17, 15) is 4.79 Å². The van der Waals surface area contributed by atoms with Crippen LogP contribution in [-0.4, -0.2) is 21.9 Å². The summed E-state index contributed by atoms with van der Waals surface area (Å²) in [5.41, 5.74) is 2.10. The maximum Gasteiger partial charge on any atom is 0.319 e. The van der Waals surface area contributed by atoms with Crippen LogP contribution in [0.15, 0.2) is 36.7 Å². The van der Waals surface area contributed by atoms with E-state index in [0.29, 0.717) is 23.4 Å². The van der Waals surface area contributed by atoms with Crippen molar-refractivity contribution >= 4 is 11.7 Å². The smallest absolute Gasteiger partial charge is 0.319 e. The SMILES string of the molecule is N#Cc1cnn(-c2ccc(NC(=O)NC3[C@H]4CCC[C@@H]34)cc2)c1. The second-order valence-corrected chi connectivity index (χ2v) is 6.22. The zero-order valence-corrected chi connectivity index (χ0v) is 12.6. The van der Waals surface area contributed by atoms with Gasteiger partial charge in [0.2, 0.25) is 0 Å². The zero-order chi connectivity index (χ0) is 15.8. The number of hydrogen-bond acceptors (Lipinski definition) is 3. The molecule has 0 bridgehead atoms. The van der Waals surface area contributed by atoms with Crippen molar-refractivity contribution in [2.45, 2.75) is 25.3 Å². The van der Waals surface area contributed by atoms with E-state index < -0.39 is 0 Å². The molecular formula is C17H17N5O. The summed E-state index contributed by atoms with van der Waals surface area (Å²) in [6, 6.07) is 9.66. The molecule has 0 spiro atoms. The Morgan fingerprint density at radius 2 is 2.00 bits per heavy atom. The molecule has 2 aliphatic carbocycles. The van der Waals surface area contributed by atoms with Gasteiger partial charge < -0.3 is 10.6 Å². The van der Waals surface area contributed by atoms with E-state index in [1.807, 2.05) is 30.3 Å². The number of nitrogens with one attached hydrogen (secondary N) is 2. The second kappa shape index (κ2) is 5.43. The van der Waals surface area contributed by atoms with Gasteiger partial charge in [0.1, 0.15) is 6.07 Å². The minimum atomic E-state index is -0.136. The van der Waals surface area contributed by atoms with Crippen molar-refractivity contribution in [2.24, 2.45) is 11.8 Å². The highest BCUT2D eigenvalue weighted by molar-refractivity contribution is 5.89. The van der Waals surface area contributed by atoms with Crippen LogP contribution in [-0.2, 0) is 0 Å². The highest BCUT2D eigenvalue weighted by Crippen LogP contribution is 2.51. The van der Waals surface area contributed by atoms with Gasteiger partial charge in [-0.25, -0.2) is 9.48 Å². The molecule has 2 saturated carbocycles. The zero-order valence-electron chi connectivity index (χ0n) is 12.6. The number of nitriles is 1. The summed E-state index contributed by atoms with van der Waals surface area (Å²) in [6.07, 6.45) is 6.99. The Morgan fingerprint density at radius 3 is 2.65 bits per heavy atom.